The lowest BCUT2D eigenvalue weighted by molar-refractivity contribution is -0.107. The molecule has 0 fully saturated rings. The fourth-order valence-corrected chi connectivity index (χ4v) is 0.149. The topological polar surface area (TPSA) is 90.2 Å². The third kappa shape index (κ3) is 9.95. The summed E-state index contributed by atoms with van der Waals surface area (Å²) in [6.45, 7) is 8.32. The minimum absolute atomic E-state index is 0.331. The number of hydrogen-bond donors (Lipinski definition) is 4. The molecule has 86 valence electrons. The van der Waals surface area contributed by atoms with Crippen molar-refractivity contribution in [3.63, 3.8) is 0 Å². The van der Waals surface area contributed by atoms with Gasteiger partial charge in [0, 0.05) is 6.61 Å². The van der Waals surface area contributed by atoms with Crippen LogP contribution in [0.2, 0.25) is 0 Å². The number of aliphatic hydroxyl groups is 2. The molecule has 4 N–H and O–H groups in total. The van der Waals surface area contributed by atoms with Crippen molar-refractivity contribution in [1.82, 2.24) is 0 Å². The molecule has 0 saturated heterocycles. The van der Waals surface area contributed by atoms with Gasteiger partial charge in [0.15, 0.2) is 0 Å². The van der Waals surface area contributed by atoms with Crippen molar-refractivity contribution in [2.75, 3.05) is 6.61 Å². The van der Waals surface area contributed by atoms with Gasteiger partial charge < -0.3 is 24.9 Å². The molecule has 0 atom stereocenters. The van der Waals surface area contributed by atoms with E-state index in [1.807, 2.05) is 0 Å². The van der Waals surface area contributed by atoms with Gasteiger partial charge in [0.2, 0.25) is 0 Å². The Kier molecular flexibility index (Phi) is 7.41. The number of hydrogen-bond acceptors (Lipinski definition) is 5. The number of rotatable bonds is 3. The van der Waals surface area contributed by atoms with Gasteiger partial charge in [0.05, 0.1) is 11.2 Å². The van der Waals surface area contributed by atoms with E-state index >= 15 is 0 Å². The first-order valence-electron chi connectivity index (χ1n) is 4.45. The van der Waals surface area contributed by atoms with Crippen LogP contribution in [0.15, 0.2) is 0 Å². The van der Waals surface area contributed by atoms with Gasteiger partial charge in [-0.2, -0.15) is 0 Å². The maximum Gasteiger partial charge on any atom is 0.633 e. The molecule has 0 spiro atoms. The quantitative estimate of drug-likeness (QED) is 0.470. The highest BCUT2D eigenvalue weighted by Crippen LogP contribution is 2.19. The summed E-state index contributed by atoms with van der Waals surface area (Å²) in [5.74, 6) is 0. The lowest BCUT2D eigenvalue weighted by Crippen LogP contribution is -2.44. The van der Waals surface area contributed by atoms with E-state index in [0.29, 0.717) is 6.61 Å². The van der Waals surface area contributed by atoms with Crippen LogP contribution in [0.1, 0.15) is 34.6 Å². The Morgan fingerprint density at radius 1 is 1.00 bits per heavy atom. The summed E-state index contributed by atoms with van der Waals surface area (Å²) in [6.07, 6.45) is 0. The van der Waals surface area contributed by atoms with Crippen molar-refractivity contribution in [2.45, 2.75) is 45.8 Å². The lowest BCUT2D eigenvalue weighted by atomic mass is 9.90. The minimum atomic E-state index is -1.60. The molecule has 0 rings (SSSR count). The third-order valence-corrected chi connectivity index (χ3v) is 1.81. The fraction of sp³-hybridized carbons (Fsp3) is 1.00. The highest BCUT2D eigenvalue weighted by molar-refractivity contribution is 6.32. The second kappa shape index (κ2) is 6.37. The molecule has 0 heterocycles. The molecular formula is C8H21BO5. The molecule has 0 saturated carbocycles. The van der Waals surface area contributed by atoms with Crippen molar-refractivity contribution in [1.29, 1.82) is 0 Å². The maximum atomic E-state index is 9.10. The molecule has 0 aromatic heterocycles. The average Bonchev–Trinajstić information content (AvgIpc) is 1.82. The molecule has 0 aliphatic heterocycles. The maximum absolute atomic E-state index is 9.10. The monoisotopic (exact) mass is 208 g/mol. The minimum Gasteiger partial charge on any atom is -0.402 e. The van der Waals surface area contributed by atoms with Crippen molar-refractivity contribution < 1.29 is 24.9 Å². The fourth-order valence-electron chi connectivity index (χ4n) is 0.149. The van der Waals surface area contributed by atoms with E-state index in [1.54, 1.807) is 34.6 Å². The highest BCUT2D eigenvalue weighted by atomic mass is 16.6. The SMILES string of the molecule is CC(C)(O)C(C)(C)O.CCOB(O)O. The Morgan fingerprint density at radius 2 is 1.29 bits per heavy atom. The summed E-state index contributed by atoms with van der Waals surface area (Å²) in [7, 11) is -1.60. The van der Waals surface area contributed by atoms with Gasteiger partial charge >= 0.3 is 7.32 Å². The van der Waals surface area contributed by atoms with Crippen LogP contribution in [0.3, 0.4) is 0 Å². The second-order valence-electron chi connectivity index (χ2n) is 3.90. The zero-order valence-corrected chi connectivity index (χ0v) is 9.48. The van der Waals surface area contributed by atoms with Gasteiger partial charge in [-0.3, -0.25) is 0 Å². The van der Waals surface area contributed by atoms with Gasteiger partial charge in [0.25, 0.3) is 0 Å². The van der Waals surface area contributed by atoms with Crippen LogP contribution < -0.4 is 0 Å². The van der Waals surface area contributed by atoms with Crippen LogP contribution in [0.5, 0.6) is 0 Å². The van der Waals surface area contributed by atoms with E-state index in [4.69, 9.17) is 20.3 Å². The highest BCUT2D eigenvalue weighted by Gasteiger charge is 2.31. The summed E-state index contributed by atoms with van der Waals surface area (Å²) in [4.78, 5) is 0. The molecule has 0 aromatic rings. The standard InChI is InChI=1S/C6H14O2.C2H7BO3/c1-5(2,7)6(3,4)8;1-2-6-3(4)5/h7-8H,1-4H3;4-5H,2H2,1H3. The van der Waals surface area contributed by atoms with Crippen molar-refractivity contribution >= 4 is 7.32 Å². The second-order valence-corrected chi connectivity index (χ2v) is 3.90. The van der Waals surface area contributed by atoms with E-state index < -0.39 is 18.5 Å². The summed E-state index contributed by atoms with van der Waals surface area (Å²) in [5.41, 5.74) is -2.01. The molecule has 0 unspecified atom stereocenters. The molecule has 0 aromatic carbocycles. The Balaban J connectivity index is 0. The van der Waals surface area contributed by atoms with Crippen molar-refractivity contribution in [3.05, 3.63) is 0 Å². The smallest absolute Gasteiger partial charge is 0.402 e. The molecule has 0 aliphatic carbocycles. The summed E-state index contributed by atoms with van der Waals surface area (Å²) >= 11 is 0. The molecule has 14 heavy (non-hydrogen) atoms. The molecule has 0 radical (unpaired) electrons. The molecule has 5 nitrogen and oxygen atoms in total. The van der Waals surface area contributed by atoms with Crippen molar-refractivity contribution in [2.24, 2.45) is 0 Å². The normalized spacial score (nSPS) is 11.8. The van der Waals surface area contributed by atoms with Crippen LogP contribution in [0, 0.1) is 0 Å². The van der Waals surface area contributed by atoms with E-state index in [0.717, 1.165) is 0 Å². The van der Waals surface area contributed by atoms with Crippen LogP contribution in [0.4, 0.5) is 0 Å². The van der Waals surface area contributed by atoms with E-state index in [-0.39, 0.29) is 0 Å². The van der Waals surface area contributed by atoms with Crippen LogP contribution in [-0.4, -0.2) is 45.4 Å². The Bertz CT molecular complexity index is 124. The lowest BCUT2D eigenvalue weighted by Gasteiger charge is -2.31. The Labute approximate surface area is 85.5 Å². The molecule has 0 amide bonds. The van der Waals surface area contributed by atoms with Gasteiger partial charge in [0.1, 0.15) is 0 Å². The van der Waals surface area contributed by atoms with E-state index in [1.165, 1.54) is 0 Å². The van der Waals surface area contributed by atoms with E-state index in [2.05, 4.69) is 4.65 Å². The zero-order chi connectivity index (χ0) is 12.0. The molecule has 0 aliphatic rings. The first-order chi connectivity index (χ1) is 6.02. The average molecular weight is 208 g/mol. The van der Waals surface area contributed by atoms with Gasteiger partial charge in [-0.15, -0.1) is 0 Å². The van der Waals surface area contributed by atoms with Crippen molar-refractivity contribution in [3.8, 4) is 0 Å². The summed E-state index contributed by atoms with van der Waals surface area (Å²) < 4.78 is 4.15. The predicted octanol–water partition coefficient (Wildman–Crippen LogP) is -0.479. The first-order valence-corrected chi connectivity index (χ1v) is 4.45. The molecule has 6 heteroatoms. The summed E-state index contributed by atoms with van der Waals surface area (Å²) in [5, 5.41) is 34.0. The van der Waals surface area contributed by atoms with Gasteiger partial charge in [-0.1, -0.05) is 0 Å². The van der Waals surface area contributed by atoms with Gasteiger partial charge in [-0.25, -0.2) is 0 Å². The Hall–Kier alpha value is -0.135. The largest absolute Gasteiger partial charge is 0.633 e. The Morgan fingerprint density at radius 3 is 1.29 bits per heavy atom. The zero-order valence-electron chi connectivity index (χ0n) is 9.48. The molecule has 0 bridgehead atoms. The van der Waals surface area contributed by atoms with E-state index in [9.17, 15) is 0 Å². The van der Waals surface area contributed by atoms with Crippen LogP contribution >= 0.6 is 0 Å². The summed E-state index contributed by atoms with van der Waals surface area (Å²) in [6, 6.07) is 0. The van der Waals surface area contributed by atoms with Crippen LogP contribution in [0.25, 0.3) is 0 Å². The van der Waals surface area contributed by atoms with Crippen LogP contribution in [-0.2, 0) is 4.65 Å². The van der Waals surface area contributed by atoms with Gasteiger partial charge in [-0.05, 0) is 34.6 Å². The first kappa shape index (κ1) is 16.3. The third-order valence-electron chi connectivity index (χ3n) is 1.81. The predicted molar refractivity (Wildman–Crippen MR) is 54.4 cm³/mol. The molecular weight excluding hydrogens is 187 g/mol.